The van der Waals surface area contributed by atoms with Crippen LogP contribution in [0.25, 0.3) is 17.2 Å². The predicted octanol–water partition coefficient (Wildman–Crippen LogP) is 3.49. The monoisotopic (exact) mass is 501 g/mol. The Morgan fingerprint density at radius 1 is 1.00 bits per heavy atom. The molecule has 5 aromatic rings. The molecule has 0 aliphatic heterocycles. The smallest absolute Gasteiger partial charge is 0.256 e. The lowest BCUT2D eigenvalue weighted by Gasteiger charge is -2.12. The van der Waals surface area contributed by atoms with Gasteiger partial charge in [-0.2, -0.15) is 5.10 Å². The highest BCUT2D eigenvalue weighted by molar-refractivity contribution is 5.92. The molecule has 0 aliphatic rings. The van der Waals surface area contributed by atoms with E-state index in [1.807, 2.05) is 0 Å². The SMILES string of the molecule is CCc1c(NC(=O)Cc2ccc(F)cc2)nc(-c2cn3ncnc3c(Cc3ccc(F)cc3)n2)[nH]c1=O. The molecule has 0 radical (unpaired) electrons. The summed E-state index contributed by atoms with van der Waals surface area (Å²) in [5.74, 6) is -0.883. The summed E-state index contributed by atoms with van der Waals surface area (Å²) in [6.07, 6.45) is 3.62. The Balaban J connectivity index is 1.50. The van der Waals surface area contributed by atoms with E-state index in [1.165, 1.54) is 47.2 Å². The molecule has 37 heavy (non-hydrogen) atoms. The van der Waals surface area contributed by atoms with Crippen LogP contribution in [0.2, 0.25) is 0 Å². The third-order valence-corrected chi connectivity index (χ3v) is 5.76. The van der Waals surface area contributed by atoms with Gasteiger partial charge in [-0.05, 0) is 41.8 Å². The number of fused-ring (bicyclic) bond motifs is 1. The highest BCUT2D eigenvalue weighted by Crippen LogP contribution is 2.20. The molecule has 0 atom stereocenters. The number of hydrogen-bond donors (Lipinski definition) is 2. The molecule has 0 fully saturated rings. The van der Waals surface area contributed by atoms with E-state index in [9.17, 15) is 18.4 Å². The van der Waals surface area contributed by atoms with Crippen LogP contribution in [0, 0.1) is 11.6 Å². The molecule has 0 saturated carbocycles. The maximum absolute atomic E-state index is 13.4. The van der Waals surface area contributed by atoms with Crippen molar-refractivity contribution in [3.05, 3.63) is 105 Å². The molecule has 0 bridgehead atoms. The van der Waals surface area contributed by atoms with Crippen LogP contribution in [0.15, 0.2) is 65.8 Å². The first-order valence-electron chi connectivity index (χ1n) is 11.5. The van der Waals surface area contributed by atoms with E-state index in [4.69, 9.17) is 0 Å². The highest BCUT2D eigenvalue weighted by atomic mass is 19.1. The summed E-state index contributed by atoms with van der Waals surface area (Å²) in [6.45, 7) is 1.78. The topological polar surface area (TPSA) is 118 Å². The summed E-state index contributed by atoms with van der Waals surface area (Å²) in [6, 6.07) is 11.6. The summed E-state index contributed by atoms with van der Waals surface area (Å²) in [4.78, 5) is 41.7. The number of carbonyl (C=O) groups is 1. The minimum atomic E-state index is -0.412. The Kier molecular flexibility index (Phi) is 6.50. The lowest BCUT2D eigenvalue weighted by atomic mass is 10.1. The van der Waals surface area contributed by atoms with Crippen molar-refractivity contribution in [3.8, 4) is 11.5 Å². The quantitative estimate of drug-likeness (QED) is 0.353. The minimum absolute atomic E-state index is 0.0156. The molecule has 186 valence electrons. The number of aromatic amines is 1. The minimum Gasteiger partial charge on any atom is -0.310 e. The maximum Gasteiger partial charge on any atom is 0.256 e. The zero-order valence-corrected chi connectivity index (χ0v) is 19.7. The average Bonchev–Trinajstić information content (AvgIpc) is 3.36. The Labute approximate surface area is 209 Å². The number of carbonyl (C=O) groups excluding carboxylic acids is 1. The molecule has 5 rings (SSSR count). The van der Waals surface area contributed by atoms with Crippen molar-refractivity contribution in [1.82, 2.24) is 29.5 Å². The number of nitrogens with zero attached hydrogens (tertiary/aromatic N) is 5. The normalized spacial score (nSPS) is 11.1. The zero-order valence-electron chi connectivity index (χ0n) is 19.7. The van der Waals surface area contributed by atoms with Gasteiger partial charge < -0.3 is 10.3 Å². The highest BCUT2D eigenvalue weighted by Gasteiger charge is 2.17. The average molecular weight is 501 g/mol. The molecule has 11 heteroatoms. The number of benzene rings is 2. The predicted molar refractivity (Wildman–Crippen MR) is 132 cm³/mol. The van der Waals surface area contributed by atoms with Crippen molar-refractivity contribution in [3.63, 3.8) is 0 Å². The lowest BCUT2D eigenvalue weighted by molar-refractivity contribution is -0.115. The molecule has 2 N–H and O–H groups in total. The number of amides is 1. The molecule has 3 heterocycles. The maximum atomic E-state index is 13.4. The van der Waals surface area contributed by atoms with Gasteiger partial charge in [-0.1, -0.05) is 31.2 Å². The van der Waals surface area contributed by atoms with E-state index in [0.29, 0.717) is 41.0 Å². The van der Waals surface area contributed by atoms with Gasteiger partial charge in [0.2, 0.25) is 5.91 Å². The van der Waals surface area contributed by atoms with Gasteiger partial charge in [0, 0.05) is 6.42 Å². The number of halogens is 2. The van der Waals surface area contributed by atoms with E-state index in [-0.39, 0.29) is 23.9 Å². The lowest BCUT2D eigenvalue weighted by Crippen LogP contribution is -2.23. The molecule has 2 aromatic carbocycles. The van der Waals surface area contributed by atoms with Crippen molar-refractivity contribution in [2.75, 3.05) is 5.32 Å². The second-order valence-corrected chi connectivity index (χ2v) is 8.35. The third-order valence-electron chi connectivity index (χ3n) is 5.76. The standard InChI is InChI=1S/C26H21F2N7O2/c1-2-19-23(32-22(36)12-16-5-9-18(28)10-6-16)33-24(34-26(19)37)21-13-35-25(29-14-30-35)20(31-21)11-15-3-7-17(27)8-4-15/h3-10,13-14H,2,11-12H2,1H3,(H2,32,33,34,36,37). The number of nitrogens with one attached hydrogen (secondary N) is 2. The molecular formula is C26H21F2N7O2. The van der Waals surface area contributed by atoms with Crippen LogP contribution < -0.4 is 10.9 Å². The summed E-state index contributed by atoms with van der Waals surface area (Å²) < 4.78 is 28.0. The van der Waals surface area contributed by atoms with Crippen molar-refractivity contribution >= 4 is 17.4 Å². The Morgan fingerprint density at radius 2 is 1.68 bits per heavy atom. The first-order valence-corrected chi connectivity index (χ1v) is 11.5. The molecule has 0 aliphatic carbocycles. The summed E-state index contributed by atoms with van der Waals surface area (Å²) in [5.41, 5.74) is 2.69. The summed E-state index contributed by atoms with van der Waals surface area (Å²) >= 11 is 0. The van der Waals surface area contributed by atoms with Crippen LogP contribution in [0.3, 0.4) is 0 Å². The first-order chi connectivity index (χ1) is 17.9. The summed E-state index contributed by atoms with van der Waals surface area (Å²) in [7, 11) is 0. The van der Waals surface area contributed by atoms with Gasteiger partial charge in [0.25, 0.3) is 5.56 Å². The van der Waals surface area contributed by atoms with Gasteiger partial charge in [-0.25, -0.2) is 28.2 Å². The Hall–Kier alpha value is -4.80. The largest absolute Gasteiger partial charge is 0.310 e. The third kappa shape index (κ3) is 5.25. The van der Waals surface area contributed by atoms with Crippen LogP contribution in [-0.2, 0) is 24.1 Å². The fourth-order valence-electron chi connectivity index (χ4n) is 3.93. The molecular weight excluding hydrogens is 480 g/mol. The molecule has 0 spiro atoms. The van der Waals surface area contributed by atoms with E-state index >= 15 is 0 Å². The van der Waals surface area contributed by atoms with E-state index in [1.54, 1.807) is 25.3 Å². The molecule has 3 aromatic heterocycles. The van der Waals surface area contributed by atoms with Crippen LogP contribution in [0.1, 0.15) is 29.3 Å². The van der Waals surface area contributed by atoms with Crippen molar-refractivity contribution in [2.45, 2.75) is 26.2 Å². The number of anilines is 1. The zero-order chi connectivity index (χ0) is 25.9. The molecule has 0 unspecified atom stereocenters. The van der Waals surface area contributed by atoms with E-state index in [2.05, 4.69) is 30.4 Å². The Bertz CT molecular complexity index is 1650. The van der Waals surface area contributed by atoms with Gasteiger partial charge in [0.1, 0.15) is 29.5 Å². The first kappa shape index (κ1) is 23.9. The number of rotatable bonds is 7. The summed E-state index contributed by atoms with van der Waals surface area (Å²) in [5, 5.41) is 6.90. The number of H-pyrrole nitrogens is 1. The van der Waals surface area contributed by atoms with Crippen LogP contribution in [0.5, 0.6) is 0 Å². The van der Waals surface area contributed by atoms with Gasteiger partial charge >= 0.3 is 0 Å². The fourth-order valence-corrected chi connectivity index (χ4v) is 3.93. The van der Waals surface area contributed by atoms with Crippen LogP contribution in [-0.4, -0.2) is 35.5 Å². The second-order valence-electron chi connectivity index (χ2n) is 8.35. The molecule has 0 saturated heterocycles. The van der Waals surface area contributed by atoms with Crippen molar-refractivity contribution in [2.24, 2.45) is 0 Å². The van der Waals surface area contributed by atoms with E-state index in [0.717, 1.165) is 5.56 Å². The van der Waals surface area contributed by atoms with Gasteiger partial charge in [0.15, 0.2) is 11.5 Å². The van der Waals surface area contributed by atoms with Gasteiger partial charge in [-0.15, -0.1) is 0 Å². The van der Waals surface area contributed by atoms with E-state index < -0.39 is 17.3 Å². The van der Waals surface area contributed by atoms with Crippen molar-refractivity contribution < 1.29 is 13.6 Å². The Morgan fingerprint density at radius 3 is 2.35 bits per heavy atom. The molecule has 1 amide bonds. The van der Waals surface area contributed by atoms with Crippen LogP contribution in [0.4, 0.5) is 14.6 Å². The fraction of sp³-hybridized carbons (Fsp3) is 0.154. The number of aromatic nitrogens is 6. The van der Waals surface area contributed by atoms with Crippen LogP contribution >= 0.6 is 0 Å². The molecule has 9 nitrogen and oxygen atoms in total. The van der Waals surface area contributed by atoms with Crippen molar-refractivity contribution in [1.29, 1.82) is 0 Å². The van der Waals surface area contributed by atoms with Gasteiger partial charge in [-0.3, -0.25) is 9.59 Å². The number of hydrogen-bond acceptors (Lipinski definition) is 6. The second kappa shape index (κ2) is 10.1. The van der Waals surface area contributed by atoms with Gasteiger partial charge in [0.05, 0.1) is 23.9 Å².